The third-order valence-corrected chi connectivity index (χ3v) is 14.2. The Morgan fingerprint density at radius 3 is 2.44 bits per heavy atom. The van der Waals surface area contributed by atoms with Crippen LogP contribution in [0, 0.1) is 36.0 Å². The van der Waals surface area contributed by atoms with Gasteiger partial charge in [-0.2, -0.15) is 5.10 Å². The van der Waals surface area contributed by atoms with Crippen LogP contribution in [0.15, 0.2) is 88.9 Å². The van der Waals surface area contributed by atoms with E-state index in [0.717, 1.165) is 36.1 Å². The number of amides is 4. The van der Waals surface area contributed by atoms with Crippen molar-refractivity contribution in [2.75, 3.05) is 23.0 Å². The first-order valence-corrected chi connectivity index (χ1v) is 20.2. The van der Waals surface area contributed by atoms with E-state index >= 15 is 4.79 Å². The highest BCUT2D eigenvalue weighted by Crippen LogP contribution is 2.64. The second kappa shape index (κ2) is 13.3. The molecule has 1 N–H and O–H groups in total. The minimum Gasteiger partial charge on any atom is -0.491 e. The summed E-state index contributed by atoms with van der Waals surface area (Å²) in [7, 11) is 1.73. The highest BCUT2D eigenvalue weighted by atomic mass is 79.9. The van der Waals surface area contributed by atoms with Crippen molar-refractivity contribution in [1.82, 2.24) is 9.78 Å². The second-order valence-electron chi connectivity index (χ2n) is 15.0. The van der Waals surface area contributed by atoms with Gasteiger partial charge in [-0.25, -0.2) is 4.90 Å². The number of aliphatic hydroxyl groups is 1. The first kappa shape index (κ1) is 36.0. The summed E-state index contributed by atoms with van der Waals surface area (Å²) in [5.41, 5.74) is 2.64. The van der Waals surface area contributed by atoms with Gasteiger partial charge in [0.15, 0.2) is 0 Å². The fourth-order valence-electron chi connectivity index (χ4n) is 9.59. The Morgan fingerprint density at radius 2 is 1.71 bits per heavy atom. The molecule has 9 rings (SSSR count). The lowest BCUT2D eigenvalue weighted by Crippen LogP contribution is -2.48. The summed E-state index contributed by atoms with van der Waals surface area (Å²) in [5.74, 6) is -3.36. The highest BCUT2D eigenvalue weighted by Gasteiger charge is 2.68. The normalized spacial score (nSPS) is 26.1. The van der Waals surface area contributed by atoms with Crippen molar-refractivity contribution in [3.05, 3.63) is 105 Å². The largest absolute Gasteiger partial charge is 0.491 e. The smallest absolute Gasteiger partial charge is 0.242 e. The van der Waals surface area contributed by atoms with E-state index in [9.17, 15) is 19.5 Å². The summed E-state index contributed by atoms with van der Waals surface area (Å²) >= 11 is 11.3. The van der Waals surface area contributed by atoms with Gasteiger partial charge in [-0.3, -0.25) is 28.8 Å². The number of anilines is 2. The van der Waals surface area contributed by atoms with E-state index in [-0.39, 0.29) is 43.3 Å². The maximum Gasteiger partial charge on any atom is 0.242 e. The molecular formula is C42H36BrClN4O6S. The summed E-state index contributed by atoms with van der Waals surface area (Å²) in [6.45, 7) is 3.88. The van der Waals surface area contributed by atoms with Crippen molar-refractivity contribution < 1.29 is 29.0 Å². The number of fused-ring (bicyclic) bond motifs is 5. The zero-order valence-corrected chi connectivity index (χ0v) is 33.3. The third-order valence-electron chi connectivity index (χ3n) is 12.1. The molecule has 4 aliphatic rings. The number of nitrogens with zero attached hydrogens (tertiary/aromatic N) is 4. The minimum atomic E-state index is -1.22. The number of benzene rings is 3. The Labute approximate surface area is 334 Å². The van der Waals surface area contributed by atoms with Gasteiger partial charge < -0.3 is 9.84 Å². The Balaban J connectivity index is 1.14. The molecule has 55 heavy (non-hydrogen) atoms. The van der Waals surface area contributed by atoms with E-state index < -0.39 is 35.0 Å². The maximum absolute atomic E-state index is 15.1. The van der Waals surface area contributed by atoms with Gasteiger partial charge in [0.2, 0.25) is 23.6 Å². The number of hydrogen-bond donors (Lipinski definition) is 1. The predicted molar refractivity (Wildman–Crippen MR) is 214 cm³/mol. The SMILES string of the molecule is Cc1c(-c2cc(N3C(=O)C4CC5C(=CCC6C(=O)N(c7ccc(Br)cc7)C(=O)C65)C(c5ccc(OCCO)cc5)C4(C)C3=O)n(C)n2)sc2ccc(Cl)cc12. The number of imide groups is 2. The molecule has 13 heteroatoms. The molecule has 10 nitrogen and oxygen atoms in total. The van der Waals surface area contributed by atoms with Gasteiger partial charge >= 0.3 is 0 Å². The molecule has 2 aromatic heterocycles. The van der Waals surface area contributed by atoms with E-state index in [2.05, 4.69) is 15.9 Å². The van der Waals surface area contributed by atoms with Crippen LogP contribution in [0.5, 0.6) is 5.75 Å². The Kier molecular flexibility index (Phi) is 8.69. The molecule has 0 spiro atoms. The van der Waals surface area contributed by atoms with E-state index in [1.54, 1.807) is 65.5 Å². The lowest BCUT2D eigenvalue weighted by molar-refractivity contribution is -0.131. The number of thiophene rings is 1. The van der Waals surface area contributed by atoms with Crippen LogP contribution in [-0.2, 0) is 26.2 Å². The zero-order chi connectivity index (χ0) is 38.5. The van der Waals surface area contributed by atoms with Crippen molar-refractivity contribution in [3.8, 4) is 16.3 Å². The summed E-state index contributed by atoms with van der Waals surface area (Å²) in [4.78, 5) is 61.9. The number of hydrogen-bond acceptors (Lipinski definition) is 8. The molecule has 0 radical (unpaired) electrons. The van der Waals surface area contributed by atoms with Gasteiger partial charge in [-0.15, -0.1) is 11.3 Å². The highest BCUT2D eigenvalue weighted by molar-refractivity contribution is 9.10. The fraction of sp³-hybridized carbons (Fsp3) is 0.310. The number of aryl methyl sites for hydroxylation is 2. The second-order valence-corrected chi connectivity index (χ2v) is 17.4. The standard InChI is InChI=1S/C42H36BrClN4O6S/c1-21-29-18-24(44)8-15-33(29)55-37(21)32-20-34(46(3)45-32)48-39(51)31-19-30-27(36(42(31,2)41(48)53)22-4-11-26(12-5-22)54-17-16-49)13-14-28-35(30)40(52)47(38(28)50)25-9-6-23(43)7-10-25/h4-13,15,18,20,28,30-31,35-36,49H,14,16-17,19H2,1-3H3. The Bertz CT molecular complexity index is 2480. The lowest BCUT2D eigenvalue weighted by atomic mass is 9.51. The molecule has 0 bridgehead atoms. The lowest BCUT2D eigenvalue weighted by Gasteiger charge is -2.49. The molecule has 1 saturated carbocycles. The van der Waals surface area contributed by atoms with E-state index in [1.165, 1.54) is 9.80 Å². The number of halogens is 2. The van der Waals surface area contributed by atoms with Gasteiger partial charge in [0.1, 0.15) is 23.9 Å². The number of carbonyl (C=O) groups excluding carboxylic acids is 4. The van der Waals surface area contributed by atoms with Crippen LogP contribution in [0.1, 0.15) is 36.8 Å². The molecule has 2 saturated heterocycles. The predicted octanol–water partition coefficient (Wildman–Crippen LogP) is 7.83. The summed E-state index contributed by atoms with van der Waals surface area (Å²) in [6.07, 6.45) is 2.63. The van der Waals surface area contributed by atoms with Gasteiger partial charge in [0.05, 0.1) is 40.3 Å². The number of aromatic nitrogens is 2. The number of carbonyl (C=O) groups is 4. The number of allylic oxidation sites excluding steroid dienone is 2. The van der Waals surface area contributed by atoms with Crippen LogP contribution in [-0.4, -0.2) is 51.7 Å². The fourth-order valence-corrected chi connectivity index (χ4v) is 11.2. The topological polar surface area (TPSA) is 122 Å². The summed E-state index contributed by atoms with van der Waals surface area (Å²) in [5, 5.41) is 15.8. The average Bonchev–Trinajstić information content (AvgIpc) is 3.84. The van der Waals surface area contributed by atoms with Crippen LogP contribution in [0.3, 0.4) is 0 Å². The van der Waals surface area contributed by atoms with Crippen molar-refractivity contribution >= 4 is 84.1 Å². The summed E-state index contributed by atoms with van der Waals surface area (Å²) < 4.78 is 9.13. The van der Waals surface area contributed by atoms with Crippen LogP contribution in [0.25, 0.3) is 20.7 Å². The van der Waals surface area contributed by atoms with Crippen LogP contribution < -0.4 is 14.5 Å². The van der Waals surface area contributed by atoms with E-state index in [1.807, 2.05) is 50.3 Å². The molecule has 3 fully saturated rings. The minimum absolute atomic E-state index is 0.132. The molecule has 4 amide bonds. The van der Waals surface area contributed by atoms with Gasteiger partial charge in [0.25, 0.3) is 0 Å². The zero-order valence-electron chi connectivity index (χ0n) is 30.2. The molecule has 4 heterocycles. The maximum atomic E-state index is 15.1. The van der Waals surface area contributed by atoms with Gasteiger partial charge in [-0.1, -0.05) is 51.3 Å². The molecule has 5 aromatic rings. The first-order valence-electron chi connectivity index (χ1n) is 18.2. The molecule has 2 aliphatic heterocycles. The molecule has 2 aliphatic carbocycles. The van der Waals surface area contributed by atoms with Crippen LogP contribution in [0.4, 0.5) is 11.5 Å². The van der Waals surface area contributed by atoms with Crippen molar-refractivity contribution in [3.63, 3.8) is 0 Å². The third kappa shape index (κ3) is 5.39. The molecule has 3 aromatic carbocycles. The number of ether oxygens (including phenoxy) is 1. The molecular weight excluding hydrogens is 804 g/mol. The average molecular weight is 840 g/mol. The number of rotatable bonds is 7. The van der Waals surface area contributed by atoms with Crippen molar-refractivity contribution in [2.45, 2.75) is 32.6 Å². The number of aliphatic hydroxyl groups excluding tert-OH is 1. The Morgan fingerprint density at radius 1 is 0.964 bits per heavy atom. The van der Waals surface area contributed by atoms with Crippen LogP contribution in [0.2, 0.25) is 5.02 Å². The van der Waals surface area contributed by atoms with E-state index in [4.69, 9.17) is 21.4 Å². The van der Waals surface area contributed by atoms with Crippen molar-refractivity contribution in [1.29, 1.82) is 0 Å². The summed E-state index contributed by atoms with van der Waals surface area (Å²) in [6, 6.07) is 22.1. The van der Waals surface area contributed by atoms with Gasteiger partial charge in [0, 0.05) is 33.2 Å². The molecule has 280 valence electrons. The van der Waals surface area contributed by atoms with Crippen LogP contribution >= 0.6 is 38.9 Å². The molecule has 6 unspecified atom stereocenters. The van der Waals surface area contributed by atoms with Gasteiger partial charge in [-0.05, 0) is 104 Å². The van der Waals surface area contributed by atoms with E-state index in [0.29, 0.717) is 34.4 Å². The first-order chi connectivity index (χ1) is 26.4. The quantitative estimate of drug-likeness (QED) is 0.131. The van der Waals surface area contributed by atoms with Crippen molar-refractivity contribution in [2.24, 2.45) is 36.1 Å². The molecule has 6 atom stereocenters. The Hall–Kier alpha value is -4.62. The monoisotopic (exact) mass is 838 g/mol.